The molecule has 1 heterocycles. The van der Waals surface area contributed by atoms with Crippen LogP contribution in [0, 0.1) is 0 Å². The Kier molecular flexibility index (Phi) is 6.14. The zero-order valence-corrected chi connectivity index (χ0v) is 17.4. The fraction of sp³-hybridized carbons (Fsp3) is 0.238. The molecule has 0 spiro atoms. The number of aromatic nitrogens is 1. The quantitative estimate of drug-likeness (QED) is 0.455. The predicted molar refractivity (Wildman–Crippen MR) is 116 cm³/mol. The number of rotatable bonds is 7. The highest BCUT2D eigenvalue weighted by Crippen LogP contribution is 2.29. The van der Waals surface area contributed by atoms with Gasteiger partial charge in [0, 0.05) is 30.2 Å². The molecule has 0 saturated heterocycles. The van der Waals surface area contributed by atoms with Crippen LogP contribution in [0.3, 0.4) is 0 Å². The van der Waals surface area contributed by atoms with Crippen LogP contribution in [-0.4, -0.2) is 41.6 Å². The molecule has 2 aromatic carbocycles. The van der Waals surface area contributed by atoms with E-state index in [1.165, 1.54) is 16.6 Å². The molecule has 3 rings (SSSR count). The summed E-state index contributed by atoms with van der Waals surface area (Å²) >= 11 is 0. The number of fused-ring (bicyclic) bond motifs is 1. The van der Waals surface area contributed by atoms with Gasteiger partial charge in [0.15, 0.2) is 0 Å². The van der Waals surface area contributed by atoms with E-state index in [1.54, 1.807) is 26.8 Å². The van der Waals surface area contributed by atoms with Crippen LogP contribution in [0.15, 0.2) is 64.7 Å². The minimum atomic E-state index is -3.54. The molecule has 8 heteroatoms. The van der Waals surface area contributed by atoms with Gasteiger partial charge in [-0.3, -0.25) is 5.43 Å². The van der Waals surface area contributed by atoms with Crippen LogP contribution in [0.4, 0.5) is 5.82 Å². The number of aromatic hydroxyl groups is 1. The Balaban J connectivity index is 1.81. The third-order valence-electron chi connectivity index (χ3n) is 4.71. The normalized spacial score (nSPS) is 12.5. The van der Waals surface area contributed by atoms with E-state index >= 15 is 0 Å². The molecule has 0 aliphatic rings. The van der Waals surface area contributed by atoms with Crippen molar-refractivity contribution in [3.63, 3.8) is 0 Å². The van der Waals surface area contributed by atoms with Crippen molar-refractivity contribution in [3.8, 4) is 5.75 Å². The van der Waals surface area contributed by atoms with Crippen molar-refractivity contribution >= 4 is 32.3 Å². The summed E-state index contributed by atoms with van der Waals surface area (Å²) < 4.78 is 26.4. The maximum atomic E-state index is 12.5. The molecule has 2 N–H and O–H groups in total. The van der Waals surface area contributed by atoms with E-state index in [2.05, 4.69) is 15.5 Å². The Morgan fingerprint density at radius 1 is 1.10 bits per heavy atom. The van der Waals surface area contributed by atoms with Crippen LogP contribution < -0.4 is 5.43 Å². The monoisotopic (exact) mass is 412 g/mol. The number of nitrogens with one attached hydrogen (secondary N) is 1. The zero-order chi connectivity index (χ0) is 21.0. The highest BCUT2D eigenvalue weighted by atomic mass is 32.2. The average molecular weight is 413 g/mol. The Morgan fingerprint density at radius 3 is 2.48 bits per heavy atom. The molecule has 0 radical (unpaired) electrons. The maximum Gasteiger partial charge on any atom is 0.244 e. The van der Waals surface area contributed by atoms with E-state index in [-0.39, 0.29) is 10.6 Å². The van der Waals surface area contributed by atoms with E-state index in [0.717, 1.165) is 10.8 Å². The molecule has 7 nitrogen and oxygen atoms in total. The lowest BCUT2D eigenvalue weighted by Crippen LogP contribution is -2.30. The van der Waals surface area contributed by atoms with Crippen molar-refractivity contribution in [1.82, 2.24) is 9.29 Å². The van der Waals surface area contributed by atoms with E-state index in [1.807, 2.05) is 36.4 Å². The van der Waals surface area contributed by atoms with Gasteiger partial charge in [0.1, 0.15) is 16.5 Å². The molecule has 0 atom stereocenters. The average Bonchev–Trinajstić information content (AvgIpc) is 2.73. The molecule has 0 saturated carbocycles. The van der Waals surface area contributed by atoms with Crippen molar-refractivity contribution < 1.29 is 13.5 Å². The van der Waals surface area contributed by atoms with E-state index in [9.17, 15) is 13.5 Å². The maximum absolute atomic E-state index is 12.5. The first-order chi connectivity index (χ1) is 13.9. The van der Waals surface area contributed by atoms with Gasteiger partial charge in [-0.1, -0.05) is 44.2 Å². The molecule has 0 fully saturated rings. The zero-order valence-electron chi connectivity index (χ0n) is 16.6. The number of anilines is 1. The third kappa shape index (κ3) is 4.23. The van der Waals surface area contributed by atoms with E-state index < -0.39 is 10.0 Å². The molecule has 0 bridgehead atoms. The van der Waals surface area contributed by atoms with Crippen LogP contribution in [0.5, 0.6) is 5.75 Å². The van der Waals surface area contributed by atoms with Crippen molar-refractivity contribution in [2.24, 2.45) is 5.10 Å². The van der Waals surface area contributed by atoms with E-state index in [4.69, 9.17) is 0 Å². The second kappa shape index (κ2) is 8.59. The summed E-state index contributed by atoms with van der Waals surface area (Å²) in [6.45, 7) is 6.17. The second-order valence-electron chi connectivity index (χ2n) is 6.46. The summed E-state index contributed by atoms with van der Waals surface area (Å²) in [6.07, 6.45) is 1.31. The number of hydrazone groups is 1. The minimum Gasteiger partial charge on any atom is -0.507 e. The molecule has 3 aromatic rings. The number of phenolic OH excluding ortho intramolecular Hbond substituents is 1. The number of hydrogen-bond donors (Lipinski definition) is 2. The van der Waals surface area contributed by atoms with Crippen molar-refractivity contribution in [3.05, 3.63) is 60.3 Å². The first kappa shape index (κ1) is 20.8. The van der Waals surface area contributed by atoms with Crippen LogP contribution in [0.1, 0.15) is 26.3 Å². The second-order valence-corrected chi connectivity index (χ2v) is 8.40. The first-order valence-electron chi connectivity index (χ1n) is 9.36. The fourth-order valence-electron chi connectivity index (χ4n) is 3.06. The first-order valence-corrected chi connectivity index (χ1v) is 10.8. The lowest BCUT2D eigenvalue weighted by molar-refractivity contribution is 0.445. The Labute approximate surface area is 170 Å². The standard InChI is InChI=1S/C21H24N4O3S/c1-4-25(5-2)29(27,28)17-11-13-20(22-14-17)24-23-15(3)18-12-10-16-8-6-7-9-19(16)21(18)26/h6-14,26H,4-5H2,1-3H3,(H,22,24)/b23-15+. The Hall–Kier alpha value is -2.97. The molecule has 0 unspecified atom stereocenters. The molecule has 0 aliphatic carbocycles. The highest BCUT2D eigenvalue weighted by Gasteiger charge is 2.21. The van der Waals surface area contributed by atoms with Gasteiger partial charge in [0.05, 0.1) is 5.71 Å². The molecule has 1 aromatic heterocycles. The summed E-state index contributed by atoms with van der Waals surface area (Å²) in [6, 6.07) is 14.4. The minimum absolute atomic E-state index is 0.139. The van der Waals surface area contributed by atoms with Gasteiger partial charge in [-0.2, -0.15) is 9.41 Å². The summed E-state index contributed by atoms with van der Waals surface area (Å²) in [5, 5.41) is 16.5. The van der Waals surface area contributed by atoms with Gasteiger partial charge >= 0.3 is 0 Å². The predicted octanol–water partition coefficient (Wildman–Crippen LogP) is 3.81. The molecule has 29 heavy (non-hydrogen) atoms. The largest absolute Gasteiger partial charge is 0.507 e. The van der Waals surface area contributed by atoms with Gasteiger partial charge in [0.25, 0.3) is 0 Å². The summed E-state index contributed by atoms with van der Waals surface area (Å²) in [5.74, 6) is 0.572. The number of phenols is 1. The SMILES string of the molecule is CCN(CC)S(=O)(=O)c1ccc(N/N=C(\C)c2ccc3ccccc3c2O)nc1. The lowest BCUT2D eigenvalue weighted by atomic mass is 10.0. The molecule has 152 valence electrons. The third-order valence-corrected chi connectivity index (χ3v) is 6.74. The number of sulfonamides is 1. The summed E-state index contributed by atoms with van der Waals surface area (Å²) in [7, 11) is -3.54. The highest BCUT2D eigenvalue weighted by molar-refractivity contribution is 7.89. The van der Waals surface area contributed by atoms with Gasteiger partial charge in [-0.15, -0.1) is 0 Å². The Bertz CT molecular complexity index is 1140. The molecular formula is C21H24N4O3S. The topological polar surface area (TPSA) is 94.9 Å². The molecule has 0 aliphatic heterocycles. The van der Waals surface area contributed by atoms with Crippen LogP contribution >= 0.6 is 0 Å². The number of pyridine rings is 1. The van der Waals surface area contributed by atoms with Gasteiger partial charge in [0.2, 0.25) is 10.0 Å². The number of hydrogen-bond acceptors (Lipinski definition) is 6. The summed E-state index contributed by atoms with van der Waals surface area (Å²) in [5.41, 5.74) is 4.00. The smallest absolute Gasteiger partial charge is 0.244 e. The molecular weight excluding hydrogens is 388 g/mol. The number of benzene rings is 2. The lowest BCUT2D eigenvalue weighted by Gasteiger charge is -2.18. The van der Waals surface area contributed by atoms with Gasteiger partial charge in [-0.25, -0.2) is 13.4 Å². The Morgan fingerprint density at radius 2 is 1.83 bits per heavy atom. The van der Waals surface area contributed by atoms with Crippen LogP contribution in [-0.2, 0) is 10.0 Å². The summed E-state index contributed by atoms with van der Waals surface area (Å²) in [4.78, 5) is 4.29. The number of nitrogens with zero attached hydrogens (tertiary/aromatic N) is 3. The van der Waals surface area contributed by atoms with E-state index in [0.29, 0.717) is 30.2 Å². The fourth-order valence-corrected chi connectivity index (χ4v) is 4.46. The van der Waals surface area contributed by atoms with Crippen molar-refractivity contribution in [2.45, 2.75) is 25.7 Å². The van der Waals surface area contributed by atoms with Crippen LogP contribution in [0.25, 0.3) is 10.8 Å². The molecule has 0 amide bonds. The van der Waals surface area contributed by atoms with Crippen molar-refractivity contribution in [1.29, 1.82) is 0 Å². The van der Waals surface area contributed by atoms with Crippen molar-refractivity contribution in [2.75, 3.05) is 18.5 Å². The van der Waals surface area contributed by atoms with Crippen LogP contribution in [0.2, 0.25) is 0 Å². The van der Waals surface area contributed by atoms with Gasteiger partial charge < -0.3 is 5.11 Å². The van der Waals surface area contributed by atoms with Gasteiger partial charge in [-0.05, 0) is 30.5 Å².